The molecule has 0 saturated heterocycles. The number of hydrogen-bond acceptors (Lipinski definition) is 4. The van der Waals surface area contributed by atoms with Crippen molar-refractivity contribution in [1.29, 1.82) is 0 Å². The first-order chi connectivity index (χ1) is 14.7. The Balaban J connectivity index is 6.30. The Hall–Kier alpha value is -1.96. The highest BCUT2D eigenvalue weighted by Crippen LogP contribution is 2.58. The van der Waals surface area contributed by atoms with Gasteiger partial charge in [0.05, 0.1) is 20.6 Å². The lowest BCUT2D eigenvalue weighted by Crippen LogP contribution is -2.69. The minimum Gasteiger partial charge on any atom is -0.480 e. The summed E-state index contributed by atoms with van der Waals surface area (Å²) < 4.78 is 167. The molecule has 0 fully saturated rings. The van der Waals surface area contributed by atoms with Crippen LogP contribution in [0.4, 0.5) is 48.3 Å². The van der Waals surface area contributed by atoms with Gasteiger partial charge in [0.15, 0.2) is 6.54 Å². The van der Waals surface area contributed by atoms with Gasteiger partial charge in [0, 0.05) is 13.0 Å². The summed E-state index contributed by atoms with van der Waals surface area (Å²) in [6, 6.07) is 0. The third-order valence-electron chi connectivity index (χ3n) is 4.22. The number of rotatable bonds is 13. The average molecular weight is 551 g/mol. The summed E-state index contributed by atoms with van der Waals surface area (Å²) in [5.74, 6) is -27.4. The number of hydrogen-bond donors (Lipinski definition) is 2. The fourth-order valence-corrected chi connectivity index (χ4v) is 3.86. The monoisotopic (exact) mass is 551 g/mol. The topological polar surface area (TPSA) is 112 Å². The normalized spacial score (nSPS) is 15.0. The molecule has 0 aromatic heterocycles. The van der Waals surface area contributed by atoms with E-state index in [1.54, 1.807) is 0 Å². The molecule has 0 radical (unpaired) electrons. The number of nitrogens with zero attached hydrogens (tertiary/aromatic N) is 2. The van der Waals surface area contributed by atoms with Crippen molar-refractivity contribution in [1.82, 2.24) is 4.31 Å². The van der Waals surface area contributed by atoms with Crippen LogP contribution in [0.5, 0.6) is 0 Å². The van der Waals surface area contributed by atoms with Crippen molar-refractivity contribution < 1.29 is 81.0 Å². The standard InChI is InChI=1S/C14H17F11N2O6S/c1-27(2,7-9(30)31)5-3-4-26(6-8(28)29)34(32,33)14(24,25)12(19,20)10(15,16)11(17,18)13(21,22)23/h3-7H2,1-2H3,(H-,28,29,30,31)/p+1. The maximum atomic E-state index is 14.1. The first-order valence-corrected chi connectivity index (χ1v) is 9.96. The van der Waals surface area contributed by atoms with E-state index in [0.717, 1.165) is 0 Å². The highest BCUT2D eigenvalue weighted by atomic mass is 32.2. The molecule has 0 aliphatic rings. The molecule has 0 atom stereocenters. The van der Waals surface area contributed by atoms with Crippen LogP contribution in [-0.2, 0) is 19.6 Å². The van der Waals surface area contributed by atoms with Crippen LogP contribution in [0.15, 0.2) is 0 Å². The smallest absolute Gasteiger partial charge is 0.460 e. The molecule has 0 aliphatic carbocycles. The second kappa shape index (κ2) is 9.59. The molecule has 0 saturated carbocycles. The predicted octanol–water partition coefficient (Wildman–Crippen LogP) is 2.31. The summed E-state index contributed by atoms with van der Waals surface area (Å²) in [6.07, 6.45) is -8.25. The van der Waals surface area contributed by atoms with Gasteiger partial charge in [0.25, 0.3) is 10.0 Å². The number of sulfonamides is 1. The maximum Gasteiger partial charge on any atom is 0.460 e. The van der Waals surface area contributed by atoms with Gasteiger partial charge in [0.1, 0.15) is 6.54 Å². The first-order valence-electron chi connectivity index (χ1n) is 8.52. The number of carbonyl (C=O) groups is 2. The van der Waals surface area contributed by atoms with Crippen molar-refractivity contribution in [2.45, 2.75) is 35.6 Å². The van der Waals surface area contributed by atoms with Gasteiger partial charge in [0.2, 0.25) is 0 Å². The summed E-state index contributed by atoms with van der Waals surface area (Å²) in [5.41, 5.74) is 0. The molecule has 8 nitrogen and oxygen atoms in total. The van der Waals surface area contributed by atoms with Crippen LogP contribution < -0.4 is 0 Å². The van der Waals surface area contributed by atoms with E-state index in [4.69, 9.17) is 10.2 Å². The van der Waals surface area contributed by atoms with Crippen LogP contribution in [0.1, 0.15) is 6.42 Å². The van der Waals surface area contributed by atoms with E-state index in [1.807, 2.05) is 0 Å². The zero-order valence-electron chi connectivity index (χ0n) is 17.0. The number of quaternary nitrogens is 1. The van der Waals surface area contributed by atoms with Crippen LogP contribution in [-0.4, -0.2) is 109 Å². The Kier molecular flexibility index (Phi) is 9.04. The Morgan fingerprint density at radius 2 is 1.24 bits per heavy atom. The van der Waals surface area contributed by atoms with Gasteiger partial charge in [-0.3, -0.25) is 4.79 Å². The molecule has 0 rings (SSSR count). The second-order valence-corrected chi connectivity index (χ2v) is 9.51. The van der Waals surface area contributed by atoms with Crippen LogP contribution in [0, 0.1) is 0 Å². The number of alkyl halides is 11. The Bertz CT molecular complexity index is 874. The number of carboxylic acids is 2. The van der Waals surface area contributed by atoms with Gasteiger partial charge in [-0.25, -0.2) is 13.2 Å². The van der Waals surface area contributed by atoms with E-state index < -0.39 is 92.5 Å². The molecule has 34 heavy (non-hydrogen) atoms. The highest BCUT2D eigenvalue weighted by Gasteiger charge is 2.89. The van der Waals surface area contributed by atoms with E-state index in [1.165, 1.54) is 14.1 Å². The number of carboxylic acid groups (broad SMARTS) is 2. The molecular formula is C14H18F11N2O6S+. The number of likely N-dealkylation sites (N-methyl/N-ethyl adjacent to an activating group) is 1. The molecule has 0 aromatic carbocycles. The summed E-state index contributed by atoms with van der Waals surface area (Å²) in [6.45, 7) is -4.65. The predicted molar refractivity (Wildman–Crippen MR) is 88.1 cm³/mol. The molecule has 20 heteroatoms. The summed E-state index contributed by atoms with van der Waals surface area (Å²) in [7, 11) is -4.92. The van der Waals surface area contributed by atoms with E-state index >= 15 is 0 Å². The number of aliphatic carboxylic acids is 2. The molecule has 2 N–H and O–H groups in total. The minimum atomic E-state index is -8.00. The lowest BCUT2D eigenvalue weighted by molar-refractivity contribution is -0.883. The Morgan fingerprint density at radius 3 is 1.59 bits per heavy atom. The summed E-state index contributed by atoms with van der Waals surface area (Å²) >= 11 is 0. The second-order valence-electron chi connectivity index (χ2n) is 7.53. The minimum absolute atomic E-state index is 0.442. The fourth-order valence-electron chi connectivity index (χ4n) is 2.44. The highest BCUT2D eigenvalue weighted by molar-refractivity contribution is 7.90. The van der Waals surface area contributed by atoms with Crippen molar-refractivity contribution in [3.63, 3.8) is 0 Å². The van der Waals surface area contributed by atoms with Crippen LogP contribution in [0.25, 0.3) is 0 Å². The molecule has 0 amide bonds. The van der Waals surface area contributed by atoms with E-state index in [9.17, 15) is 66.3 Å². The van der Waals surface area contributed by atoms with Crippen LogP contribution in [0.2, 0.25) is 0 Å². The Labute approximate surface area is 184 Å². The van der Waals surface area contributed by atoms with Gasteiger partial charge >= 0.3 is 41.1 Å². The van der Waals surface area contributed by atoms with Crippen molar-refractivity contribution in [2.24, 2.45) is 0 Å². The van der Waals surface area contributed by atoms with Gasteiger partial charge in [-0.1, -0.05) is 0 Å². The van der Waals surface area contributed by atoms with Gasteiger partial charge in [-0.15, -0.1) is 0 Å². The maximum absolute atomic E-state index is 14.1. The number of halogens is 11. The van der Waals surface area contributed by atoms with Crippen LogP contribution in [0.3, 0.4) is 0 Å². The third kappa shape index (κ3) is 5.99. The van der Waals surface area contributed by atoms with E-state index in [-0.39, 0.29) is 0 Å². The van der Waals surface area contributed by atoms with Crippen molar-refractivity contribution in [2.75, 3.05) is 40.3 Å². The first kappa shape index (κ1) is 32.0. The molecule has 0 bridgehead atoms. The van der Waals surface area contributed by atoms with Crippen molar-refractivity contribution >= 4 is 22.0 Å². The van der Waals surface area contributed by atoms with Crippen molar-refractivity contribution in [3.8, 4) is 0 Å². The Morgan fingerprint density at radius 1 is 0.794 bits per heavy atom. The molecule has 0 aliphatic heterocycles. The quantitative estimate of drug-likeness (QED) is 0.269. The molecule has 0 heterocycles. The largest absolute Gasteiger partial charge is 0.480 e. The molecule has 0 aromatic rings. The van der Waals surface area contributed by atoms with Crippen LogP contribution >= 0.6 is 0 Å². The van der Waals surface area contributed by atoms with Crippen molar-refractivity contribution in [3.05, 3.63) is 0 Å². The van der Waals surface area contributed by atoms with Gasteiger partial charge in [-0.05, 0) is 0 Å². The molecule has 202 valence electrons. The average Bonchev–Trinajstić information content (AvgIpc) is 2.57. The van der Waals surface area contributed by atoms with Gasteiger partial charge < -0.3 is 14.7 Å². The van der Waals surface area contributed by atoms with E-state index in [2.05, 4.69) is 0 Å². The SMILES string of the molecule is C[N+](C)(CCCN(CC(=O)O)S(=O)(=O)C(F)(F)C(F)(F)C(F)(F)C(F)(F)C(F)(F)F)CC(=O)O. The summed E-state index contributed by atoms with van der Waals surface area (Å²) in [5, 5.41) is 10.0. The van der Waals surface area contributed by atoms with Gasteiger partial charge in [-0.2, -0.15) is 52.6 Å². The lowest BCUT2D eigenvalue weighted by Gasteiger charge is -2.38. The molecular weight excluding hydrogens is 533 g/mol. The van der Waals surface area contributed by atoms with E-state index in [0.29, 0.717) is 0 Å². The summed E-state index contributed by atoms with van der Waals surface area (Å²) in [4.78, 5) is 21.5. The zero-order valence-corrected chi connectivity index (χ0v) is 17.8. The third-order valence-corrected chi connectivity index (χ3v) is 6.12. The molecule has 0 unspecified atom stereocenters. The zero-order chi connectivity index (χ0) is 27.8. The lowest BCUT2D eigenvalue weighted by atomic mass is 10.0. The molecule has 0 spiro atoms. The fraction of sp³-hybridized carbons (Fsp3) is 0.857.